The van der Waals surface area contributed by atoms with Gasteiger partial charge in [-0.2, -0.15) is 5.10 Å². The van der Waals surface area contributed by atoms with E-state index in [4.69, 9.17) is 4.74 Å². The first-order chi connectivity index (χ1) is 11.9. The maximum absolute atomic E-state index is 12.6. The second-order valence-corrected chi connectivity index (χ2v) is 7.64. The molecule has 5 heteroatoms. The lowest BCUT2D eigenvalue weighted by Gasteiger charge is -2.36. The Balaban J connectivity index is 1.73. The molecule has 0 N–H and O–H groups in total. The summed E-state index contributed by atoms with van der Waals surface area (Å²) in [5.74, 6) is 0. The van der Waals surface area contributed by atoms with Crippen molar-refractivity contribution in [2.45, 2.75) is 58.2 Å². The summed E-state index contributed by atoms with van der Waals surface area (Å²) in [6.07, 6.45) is 6.81. The van der Waals surface area contributed by atoms with Gasteiger partial charge < -0.3 is 9.64 Å². The van der Waals surface area contributed by atoms with Crippen molar-refractivity contribution in [2.24, 2.45) is 0 Å². The Kier molecular flexibility index (Phi) is 5.11. The molecule has 0 bridgehead atoms. The van der Waals surface area contributed by atoms with E-state index in [0.29, 0.717) is 0 Å². The molecule has 25 heavy (non-hydrogen) atoms. The molecular weight excluding hydrogens is 314 g/mol. The van der Waals surface area contributed by atoms with Crippen LogP contribution in [0.2, 0.25) is 0 Å². The molecule has 0 aliphatic carbocycles. The third-order valence-electron chi connectivity index (χ3n) is 4.36. The van der Waals surface area contributed by atoms with Crippen molar-refractivity contribution in [2.75, 3.05) is 6.54 Å². The Morgan fingerprint density at radius 3 is 2.72 bits per heavy atom. The molecule has 1 fully saturated rings. The van der Waals surface area contributed by atoms with E-state index in [0.717, 1.165) is 37.9 Å². The summed E-state index contributed by atoms with van der Waals surface area (Å²) in [6, 6.07) is 10.3. The third kappa shape index (κ3) is 4.62. The highest BCUT2D eigenvalue weighted by Gasteiger charge is 2.32. The summed E-state index contributed by atoms with van der Waals surface area (Å²) in [5.41, 5.74) is 1.82. The first-order valence-electron chi connectivity index (χ1n) is 8.98. The molecule has 1 aromatic carbocycles. The smallest absolute Gasteiger partial charge is 0.410 e. The molecule has 134 valence electrons. The zero-order chi connectivity index (χ0) is 17.9. The van der Waals surface area contributed by atoms with Gasteiger partial charge in [0.1, 0.15) is 5.60 Å². The lowest BCUT2D eigenvalue weighted by atomic mass is 9.98. The average Bonchev–Trinajstić information content (AvgIpc) is 3.02. The van der Waals surface area contributed by atoms with Crippen LogP contribution in [0.4, 0.5) is 4.79 Å². The van der Waals surface area contributed by atoms with E-state index in [2.05, 4.69) is 23.4 Å². The molecule has 1 aliphatic heterocycles. The van der Waals surface area contributed by atoms with Gasteiger partial charge in [-0.05, 0) is 45.6 Å². The number of likely N-dealkylation sites (tertiary alicyclic amines) is 1. The standard InChI is InChI=1S/C20H27N3O2/c1-20(2,3)25-19(24)23-12-8-7-11-18(23)17-13-21-22(15-17)14-16-9-5-4-6-10-16/h4-6,9-10,13,15,18H,7-8,11-12,14H2,1-3H3/t18-/m0/s1. The minimum absolute atomic E-state index is 0.0492. The van der Waals surface area contributed by atoms with Gasteiger partial charge in [-0.1, -0.05) is 30.3 Å². The van der Waals surface area contributed by atoms with Gasteiger partial charge in [0.2, 0.25) is 0 Å². The summed E-state index contributed by atoms with van der Waals surface area (Å²) < 4.78 is 7.53. The van der Waals surface area contributed by atoms with E-state index in [-0.39, 0.29) is 12.1 Å². The maximum Gasteiger partial charge on any atom is 0.410 e. The fraction of sp³-hybridized carbons (Fsp3) is 0.500. The molecule has 5 nitrogen and oxygen atoms in total. The van der Waals surface area contributed by atoms with Crippen LogP contribution >= 0.6 is 0 Å². The Morgan fingerprint density at radius 1 is 1.24 bits per heavy atom. The monoisotopic (exact) mass is 341 g/mol. The number of amides is 1. The van der Waals surface area contributed by atoms with Crippen LogP contribution in [0, 0.1) is 0 Å². The number of nitrogens with zero attached hydrogens (tertiary/aromatic N) is 3. The number of hydrogen-bond donors (Lipinski definition) is 0. The molecular formula is C20H27N3O2. The van der Waals surface area contributed by atoms with Crippen molar-refractivity contribution in [3.05, 3.63) is 53.9 Å². The van der Waals surface area contributed by atoms with Gasteiger partial charge in [-0.3, -0.25) is 4.68 Å². The summed E-state index contributed by atoms with van der Waals surface area (Å²) in [7, 11) is 0. The molecule has 3 rings (SSSR count). The second-order valence-electron chi connectivity index (χ2n) is 7.64. The van der Waals surface area contributed by atoms with Gasteiger partial charge >= 0.3 is 6.09 Å². The number of piperidine rings is 1. The summed E-state index contributed by atoms with van der Waals surface area (Å²) in [4.78, 5) is 14.4. The lowest BCUT2D eigenvalue weighted by Crippen LogP contribution is -2.41. The van der Waals surface area contributed by atoms with Crippen LogP contribution in [0.3, 0.4) is 0 Å². The molecule has 1 atom stereocenters. The summed E-state index contributed by atoms with van der Waals surface area (Å²) in [5, 5.41) is 4.49. The number of aromatic nitrogens is 2. The zero-order valence-electron chi connectivity index (χ0n) is 15.3. The van der Waals surface area contributed by atoms with E-state index in [1.54, 1.807) is 0 Å². The Hall–Kier alpha value is -2.30. The molecule has 0 unspecified atom stereocenters. The number of ether oxygens (including phenoxy) is 1. The van der Waals surface area contributed by atoms with Gasteiger partial charge in [0.25, 0.3) is 0 Å². The Morgan fingerprint density at radius 2 is 2.00 bits per heavy atom. The van der Waals surface area contributed by atoms with E-state index < -0.39 is 5.60 Å². The van der Waals surface area contributed by atoms with Crippen molar-refractivity contribution in [1.82, 2.24) is 14.7 Å². The first kappa shape index (κ1) is 17.5. The van der Waals surface area contributed by atoms with Gasteiger partial charge in [0.05, 0.1) is 18.8 Å². The minimum Gasteiger partial charge on any atom is -0.444 e. The van der Waals surface area contributed by atoms with E-state index >= 15 is 0 Å². The highest BCUT2D eigenvalue weighted by Crippen LogP contribution is 2.32. The van der Waals surface area contributed by atoms with Crippen molar-refractivity contribution < 1.29 is 9.53 Å². The fourth-order valence-corrected chi connectivity index (χ4v) is 3.23. The maximum atomic E-state index is 12.6. The second kappa shape index (κ2) is 7.30. The van der Waals surface area contributed by atoms with Crippen molar-refractivity contribution in [3.63, 3.8) is 0 Å². The van der Waals surface area contributed by atoms with Crippen molar-refractivity contribution in [3.8, 4) is 0 Å². The van der Waals surface area contributed by atoms with Crippen molar-refractivity contribution in [1.29, 1.82) is 0 Å². The van der Waals surface area contributed by atoms with Crippen LogP contribution in [0.5, 0.6) is 0 Å². The number of rotatable bonds is 3. The molecule has 0 spiro atoms. The molecule has 1 amide bonds. The molecule has 1 aromatic heterocycles. The largest absolute Gasteiger partial charge is 0.444 e. The van der Waals surface area contributed by atoms with Crippen LogP contribution < -0.4 is 0 Å². The normalized spacial score (nSPS) is 18.2. The van der Waals surface area contributed by atoms with E-state index in [9.17, 15) is 4.79 Å². The van der Waals surface area contributed by atoms with Gasteiger partial charge in [0.15, 0.2) is 0 Å². The lowest BCUT2D eigenvalue weighted by molar-refractivity contribution is 0.00951. The van der Waals surface area contributed by atoms with Crippen LogP contribution in [-0.2, 0) is 11.3 Å². The predicted molar refractivity (Wildman–Crippen MR) is 97.3 cm³/mol. The van der Waals surface area contributed by atoms with Crippen LogP contribution in [-0.4, -0.2) is 32.9 Å². The van der Waals surface area contributed by atoms with Crippen molar-refractivity contribution >= 4 is 6.09 Å². The van der Waals surface area contributed by atoms with Gasteiger partial charge in [-0.25, -0.2) is 4.79 Å². The molecule has 0 saturated carbocycles. The number of hydrogen-bond acceptors (Lipinski definition) is 3. The number of benzene rings is 1. The average molecular weight is 341 g/mol. The van der Waals surface area contributed by atoms with Crippen LogP contribution in [0.25, 0.3) is 0 Å². The molecule has 1 aliphatic rings. The first-order valence-corrected chi connectivity index (χ1v) is 8.98. The van der Waals surface area contributed by atoms with E-state index in [1.165, 1.54) is 5.56 Å². The SMILES string of the molecule is CC(C)(C)OC(=O)N1CCCC[C@H]1c1cnn(Cc2ccccc2)c1. The minimum atomic E-state index is -0.476. The molecule has 2 heterocycles. The number of carbonyl (C=O) groups excluding carboxylic acids is 1. The van der Waals surface area contributed by atoms with E-state index in [1.807, 2.05) is 54.7 Å². The van der Waals surface area contributed by atoms with Crippen LogP contribution in [0.1, 0.15) is 57.2 Å². The highest BCUT2D eigenvalue weighted by atomic mass is 16.6. The molecule has 1 saturated heterocycles. The van der Waals surface area contributed by atoms with Gasteiger partial charge in [0, 0.05) is 18.3 Å². The summed E-state index contributed by atoms with van der Waals surface area (Å²) in [6.45, 7) is 7.19. The third-order valence-corrected chi connectivity index (χ3v) is 4.36. The summed E-state index contributed by atoms with van der Waals surface area (Å²) >= 11 is 0. The predicted octanol–water partition coefficient (Wildman–Crippen LogP) is 4.39. The van der Waals surface area contributed by atoms with Gasteiger partial charge in [-0.15, -0.1) is 0 Å². The fourth-order valence-electron chi connectivity index (χ4n) is 3.23. The Bertz CT molecular complexity index is 703. The molecule has 0 radical (unpaired) electrons. The quantitative estimate of drug-likeness (QED) is 0.831. The molecule has 2 aromatic rings. The Labute approximate surface area is 149 Å². The highest BCUT2D eigenvalue weighted by molar-refractivity contribution is 5.69. The van der Waals surface area contributed by atoms with Crippen LogP contribution in [0.15, 0.2) is 42.7 Å². The topological polar surface area (TPSA) is 47.4 Å². The zero-order valence-corrected chi connectivity index (χ0v) is 15.3. The number of carbonyl (C=O) groups is 1.